The minimum absolute atomic E-state index is 0. The molecule has 1 aromatic rings. The Morgan fingerprint density at radius 1 is 1.50 bits per heavy atom. The second kappa shape index (κ2) is 5.41. The normalized spacial score (nSPS) is 9.17. The van der Waals surface area contributed by atoms with Gasteiger partial charge in [0.05, 0.1) is 0 Å². The van der Waals surface area contributed by atoms with E-state index in [-0.39, 0.29) is 12.4 Å². The number of hydrogen-bond donors (Lipinski definition) is 2. The molecule has 2 nitrogen and oxygen atoms in total. The highest BCUT2D eigenvalue weighted by Gasteiger charge is 1.97. The van der Waals surface area contributed by atoms with Crippen LogP contribution in [0.3, 0.4) is 0 Å². The van der Waals surface area contributed by atoms with Gasteiger partial charge in [0.15, 0.2) is 0 Å². The molecule has 0 amide bonds. The molecule has 0 bridgehead atoms. The maximum absolute atomic E-state index is 5.61. The van der Waals surface area contributed by atoms with Gasteiger partial charge in [-0.15, -0.1) is 12.4 Å². The van der Waals surface area contributed by atoms with Crippen molar-refractivity contribution < 1.29 is 0 Å². The van der Waals surface area contributed by atoms with Crippen molar-refractivity contribution in [2.75, 3.05) is 12.8 Å². The van der Waals surface area contributed by atoms with Crippen LogP contribution in [-0.2, 0) is 6.54 Å². The maximum Gasteiger partial charge on any atom is 0.0318 e. The Morgan fingerprint density at radius 2 is 2.17 bits per heavy atom. The third kappa shape index (κ3) is 3.01. The summed E-state index contributed by atoms with van der Waals surface area (Å²) >= 11 is 3.44. The van der Waals surface area contributed by atoms with Gasteiger partial charge in [-0.1, -0.05) is 15.9 Å². The average molecular weight is 252 g/mol. The van der Waals surface area contributed by atoms with Crippen LogP contribution in [0.1, 0.15) is 5.56 Å². The minimum Gasteiger partial charge on any atom is -0.399 e. The fraction of sp³-hybridized carbons (Fsp3) is 0.250. The van der Waals surface area contributed by atoms with E-state index in [9.17, 15) is 0 Å². The quantitative estimate of drug-likeness (QED) is 0.791. The van der Waals surface area contributed by atoms with Gasteiger partial charge in [0.1, 0.15) is 0 Å². The van der Waals surface area contributed by atoms with Gasteiger partial charge in [-0.25, -0.2) is 0 Å². The van der Waals surface area contributed by atoms with Gasteiger partial charge in [0.25, 0.3) is 0 Å². The summed E-state index contributed by atoms with van der Waals surface area (Å²) in [6.07, 6.45) is 0. The molecule has 1 aromatic carbocycles. The van der Waals surface area contributed by atoms with Crippen molar-refractivity contribution in [2.45, 2.75) is 6.54 Å². The fourth-order valence-corrected chi connectivity index (χ4v) is 1.31. The third-order valence-corrected chi connectivity index (χ3v) is 2.21. The molecule has 0 unspecified atom stereocenters. The molecule has 0 fully saturated rings. The predicted octanol–water partition coefficient (Wildman–Crippen LogP) is 2.17. The summed E-state index contributed by atoms with van der Waals surface area (Å²) in [6.45, 7) is 0.839. The number of rotatable bonds is 2. The second-order valence-electron chi connectivity index (χ2n) is 2.38. The molecule has 0 spiro atoms. The van der Waals surface area contributed by atoms with E-state index in [0.717, 1.165) is 16.7 Å². The molecule has 68 valence electrons. The van der Waals surface area contributed by atoms with Crippen molar-refractivity contribution >= 4 is 34.0 Å². The van der Waals surface area contributed by atoms with Crippen molar-refractivity contribution in [3.8, 4) is 0 Å². The molecule has 0 radical (unpaired) electrons. The van der Waals surface area contributed by atoms with Gasteiger partial charge in [0.2, 0.25) is 0 Å². The molecule has 0 aliphatic heterocycles. The Kier molecular flexibility index (Phi) is 5.29. The number of hydrogen-bond acceptors (Lipinski definition) is 2. The Balaban J connectivity index is 0.00000121. The lowest BCUT2D eigenvalue weighted by atomic mass is 10.2. The number of benzene rings is 1. The molecule has 12 heavy (non-hydrogen) atoms. The average Bonchev–Trinajstić information content (AvgIpc) is 1.98. The van der Waals surface area contributed by atoms with Crippen LogP contribution in [0.15, 0.2) is 22.7 Å². The van der Waals surface area contributed by atoms with Crippen molar-refractivity contribution in [1.29, 1.82) is 0 Å². The van der Waals surface area contributed by atoms with Crippen LogP contribution in [-0.4, -0.2) is 7.05 Å². The molecule has 1 rings (SSSR count). The van der Waals surface area contributed by atoms with Gasteiger partial charge in [-0.2, -0.15) is 0 Å². The molecule has 0 saturated carbocycles. The second-order valence-corrected chi connectivity index (χ2v) is 3.24. The number of nitrogens with one attached hydrogen (secondary N) is 1. The highest BCUT2D eigenvalue weighted by atomic mass is 79.9. The first-order valence-electron chi connectivity index (χ1n) is 3.42. The summed E-state index contributed by atoms with van der Waals surface area (Å²) in [5, 5.41) is 3.07. The number of nitrogens with two attached hydrogens (primary N) is 1. The van der Waals surface area contributed by atoms with Crippen LogP contribution in [0.5, 0.6) is 0 Å². The largest absolute Gasteiger partial charge is 0.399 e. The lowest BCUT2D eigenvalue weighted by molar-refractivity contribution is 0.815. The summed E-state index contributed by atoms with van der Waals surface area (Å²) < 4.78 is 1.10. The molecule has 4 heteroatoms. The maximum atomic E-state index is 5.61. The summed E-state index contributed by atoms with van der Waals surface area (Å²) in [6, 6.07) is 5.80. The number of nitrogen functional groups attached to an aromatic ring is 1. The van der Waals surface area contributed by atoms with Gasteiger partial charge >= 0.3 is 0 Å². The van der Waals surface area contributed by atoms with E-state index in [0.29, 0.717) is 0 Å². The molecule has 0 heterocycles. The zero-order valence-electron chi connectivity index (χ0n) is 6.80. The lowest BCUT2D eigenvalue weighted by Crippen LogP contribution is -2.05. The molecular weight excluding hydrogens is 239 g/mol. The van der Waals surface area contributed by atoms with Gasteiger partial charge in [-0.3, -0.25) is 0 Å². The first-order valence-corrected chi connectivity index (χ1v) is 4.22. The van der Waals surface area contributed by atoms with E-state index < -0.39 is 0 Å². The monoisotopic (exact) mass is 250 g/mol. The van der Waals surface area contributed by atoms with Crippen molar-refractivity contribution in [2.24, 2.45) is 0 Å². The standard InChI is InChI=1S/C8H11BrN2.ClH/c1-11-5-6-4-7(10)2-3-8(6)9;/h2-4,11H,5,10H2,1H3;1H. The fourth-order valence-electron chi connectivity index (χ4n) is 0.921. The molecule has 0 aliphatic rings. The molecule has 0 saturated heterocycles. The zero-order chi connectivity index (χ0) is 8.27. The first kappa shape index (κ1) is 11.8. The Morgan fingerprint density at radius 3 is 2.75 bits per heavy atom. The van der Waals surface area contributed by atoms with Crippen LogP contribution in [0, 0.1) is 0 Å². The zero-order valence-corrected chi connectivity index (χ0v) is 9.21. The van der Waals surface area contributed by atoms with Crippen LogP contribution < -0.4 is 11.1 Å². The third-order valence-electron chi connectivity index (χ3n) is 1.44. The van der Waals surface area contributed by atoms with Crippen molar-refractivity contribution in [3.05, 3.63) is 28.2 Å². The highest BCUT2D eigenvalue weighted by molar-refractivity contribution is 9.10. The van der Waals surface area contributed by atoms with Gasteiger partial charge < -0.3 is 11.1 Å². The first-order chi connectivity index (χ1) is 5.24. The summed E-state index contributed by atoms with van der Waals surface area (Å²) in [4.78, 5) is 0. The highest BCUT2D eigenvalue weighted by Crippen LogP contribution is 2.18. The van der Waals surface area contributed by atoms with E-state index in [1.165, 1.54) is 5.56 Å². The van der Waals surface area contributed by atoms with E-state index in [1.54, 1.807) is 0 Å². The van der Waals surface area contributed by atoms with Crippen molar-refractivity contribution in [3.63, 3.8) is 0 Å². The smallest absolute Gasteiger partial charge is 0.0318 e. The molecule has 0 aromatic heterocycles. The summed E-state index contributed by atoms with van der Waals surface area (Å²) in [7, 11) is 1.91. The Labute approximate surface area is 87.1 Å². The van der Waals surface area contributed by atoms with E-state index >= 15 is 0 Å². The SMILES string of the molecule is CNCc1cc(N)ccc1Br.Cl. The van der Waals surface area contributed by atoms with E-state index in [2.05, 4.69) is 21.2 Å². The van der Waals surface area contributed by atoms with Crippen LogP contribution in [0.4, 0.5) is 5.69 Å². The lowest BCUT2D eigenvalue weighted by Gasteiger charge is -2.03. The van der Waals surface area contributed by atoms with Crippen molar-refractivity contribution in [1.82, 2.24) is 5.32 Å². The molecule has 0 aliphatic carbocycles. The molecular formula is C8H12BrClN2. The number of halogens is 2. The van der Waals surface area contributed by atoms with Gasteiger partial charge in [0, 0.05) is 16.7 Å². The topological polar surface area (TPSA) is 38.0 Å². The van der Waals surface area contributed by atoms with E-state index in [4.69, 9.17) is 5.73 Å². The summed E-state index contributed by atoms with van der Waals surface area (Å²) in [5.41, 5.74) is 7.60. The number of anilines is 1. The van der Waals surface area contributed by atoms with Gasteiger partial charge in [-0.05, 0) is 30.8 Å². The van der Waals surface area contributed by atoms with E-state index in [1.807, 2.05) is 25.2 Å². The predicted molar refractivity (Wildman–Crippen MR) is 58.6 cm³/mol. The Bertz CT molecular complexity index is 253. The van der Waals surface area contributed by atoms with Crippen LogP contribution in [0.25, 0.3) is 0 Å². The van der Waals surface area contributed by atoms with Crippen LogP contribution in [0.2, 0.25) is 0 Å². The van der Waals surface area contributed by atoms with Crippen LogP contribution >= 0.6 is 28.3 Å². The molecule has 3 N–H and O–H groups in total. The molecule has 0 atom stereocenters. The summed E-state index contributed by atoms with van der Waals surface area (Å²) in [5.74, 6) is 0. The Hall–Kier alpha value is -0.250. The minimum atomic E-state index is 0.